The molecule has 0 aliphatic carbocycles. The van der Waals surface area contributed by atoms with Gasteiger partial charge in [-0.3, -0.25) is 9.69 Å². The van der Waals surface area contributed by atoms with E-state index in [4.69, 9.17) is 9.47 Å². The lowest BCUT2D eigenvalue weighted by molar-refractivity contribution is -0.151. The van der Waals surface area contributed by atoms with E-state index in [1.54, 1.807) is 6.92 Å². The first-order valence-corrected chi connectivity index (χ1v) is 10.1. The largest absolute Gasteiger partial charge is 0.450 e. The number of benzene rings is 1. The highest BCUT2D eigenvalue weighted by Crippen LogP contribution is 2.41. The van der Waals surface area contributed by atoms with Crippen molar-refractivity contribution >= 4 is 11.9 Å². The number of hydrogen-bond acceptors (Lipinski definition) is 5. The number of piperidine rings is 1. The number of rotatable bonds is 8. The van der Waals surface area contributed by atoms with Crippen LogP contribution < -0.4 is 5.32 Å². The fourth-order valence-corrected chi connectivity index (χ4v) is 4.00. The van der Waals surface area contributed by atoms with Crippen molar-refractivity contribution in [3.63, 3.8) is 0 Å². The number of carbonyl (C=O) groups is 2. The van der Waals surface area contributed by atoms with Crippen LogP contribution in [0, 0.1) is 0 Å². The second-order valence-electron chi connectivity index (χ2n) is 7.45. The molecule has 152 valence electrons. The molecular formula is C22H30N2O4. The molecule has 0 atom stereocenters. The van der Waals surface area contributed by atoms with E-state index in [0.29, 0.717) is 43.7 Å². The zero-order valence-corrected chi connectivity index (χ0v) is 16.8. The molecule has 1 fully saturated rings. The summed E-state index contributed by atoms with van der Waals surface area (Å²) in [6.45, 7) is 7.90. The molecule has 1 saturated heterocycles. The molecular weight excluding hydrogens is 356 g/mol. The summed E-state index contributed by atoms with van der Waals surface area (Å²) >= 11 is 0. The predicted octanol–water partition coefficient (Wildman–Crippen LogP) is 2.44. The molecule has 2 heterocycles. The van der Waals surface area contributed by atoms with Gasteiger partial charge in [-0.1, -0.05) is 30.3 Å². The van der Waals surface area contributed by atoms with Crippen molar-refractivity contribution < 1.29 is 19.1 Å². The predicted molar refractivity (Wildman–Crippen MR) is 107 cm³/mol. The summed E-state index contributed by atoms with van der Waals surface area (Å²) in [6, 6.07) is 10.3. The number of nitrogens with one attached hydrogen (secondary N) is 1. The molecule has 0 bridgehead atoms. The number of hydrogen-bond donors (Lipinski definition) is 1. The van der Waals surface area contributed by atoms with Gasteiger partial charge < -0.3 is 14.8 Å². The molecule has 0 aromatic heterocycles. The van der Waals surface area contributed by atoms with Crippen LogP contribution in [-0.4, -0.2) is 55.2 Å². The Kier molecular flexibility index (Phi) is 6.86. The molecule has 0 saturated carbocycles. The highest BCUT2D eigenvalue weighted by Gasteiger charge is 2.50. The maximum absolute atomic E-state index is 12.8. The Hall–Kier alpha value is -2.18. The van der Waals surface area contributed by atoms with Crippen LogP contribution in [-0.2, 0) is 25.6 Å². The van der Waals surface area contributed by atoms with Crippen LogP contribution in [0.4, 0.5) is 0 Å². The maximum atomic E-state index is 12.8. The molecule has 0 unspecified atom stereocenters. The number of nitrogens with zero attached hydrogens (tertiary/aromatic N) is 1. The molecule has 1 amide bonds. The minimum absolute atomic E-state index is 0.184. The van der Waals surface area contributed by atoms with Gasteiger partial charge in [-0.15, -0.1) is 0 Å². The summed E-state index contributed by atoms with van der Waals surface area (Å²) in [5.41, 5.74) is 1.45. The molecule has 0 radical (unpaired) electrons. The van der Waals surface area contributed by atoms with Gasteiger partial charge in [0.25, 0.3) is 5.91 Å². The van der Waals surface area contributed by atoms with Gasteiger partial charge in [-0.2, -0.15) is 0 Å². The number of ether oxygens (including phenoxy) is 2. The Morgan fingerprint density at radius 1 is 1.25 bits per heavy atom. The summed E-state index contributed by atoms with van der Waals surface area (Å²) in [5.74, 6) is -0.549. The SMILES string of the molecule is CCOCCCNC(=O)C1=C(C)C(=O)OC12CCN(Cc1ccccc1)CC2. The first-order valence-electron chi connectivity index (χ1n) is 10.1. The van der Waals surface area contributed by atoms with Crippen molar-refractivity contribution in [2.45, 2.75) is 45.3 Å². The smallest absolute Gasteiger partial charge is 0.335 e. The number of esters is 1. The van der Waals surface area contributed by atoms with Crippen molar-refractivity contribution in [2.24, 2.45) is 0 Å². The number of carbonyl (C=O) groups excluding carboxylic acids is 2. The van der Waals surface area contributed by atoms with Gasteiger partial charge in [0.1, 0.15) is 5.60 Å². The summed E-state index contributed by atoms with van der Waals surface area (Å²) in [7, 11) is 0. The molecule has 1 aromatic rings. The van der Waals surface area contributed by atoms with Crippen LogP contribution in [0.2, 0.25) is 0 Å². The van der Waals surface area contributed by atoms with E-state index in [1.165, 1.54) is 5.56 Å². The number of likely N-dealkylation sites (tertiary alicyclic amines) is 1. The Labute approximate surface area is 166 Å². The van der Waals surface area contributed by atoms with Gasteiger partial charge in [-0.05, 0) is 25.8 Å². The second-order valence-corrected chi connectivity index (χ2v) is 7.45. The molecule has 6 heteroatoms. The third-order valence-electron chi connectivity index (χ3n) is 5.52. The fraction of sp³-hybridized carbons (Fsp3) is 0.545. The van der Waals surface area contributed by atoms with Crippen molar-refractivity contribution in [3.05, 3.63) is 47.0 Å². The van der Waals surface area contributed by atoms with Gasteiger partial charge in [0.2, 0.25) is 0 Å². The molecule has 1 aromatic carbocycles. The van der Waals surface area contributed by atoms with Crippen LogP contribution >= 0.6 is 0 Å². The summed E-state index contributed by atoms with van der Waals surface area (Å²) in [5, 5.41) is 2.93. The minimum Gasteiger partial charge on any atom is -0.450 e. The monoisotopic (exact) mass is 386 g/mol. The van der Waals surface area contributed by atoms with E-state index in [9.17, 15) is 9.59 Å². The van der Waals surface area contributed by atoms with Gasteiger partial charge in [0.05, 0.1) is 5.57 Å². The Morgan fingerprint density at radius 2 is 1.96 bits per heavy atom. The van der Waals surface area contributed by atoms with E-state index in [1.807, 2.05) is 25.1 Å². The Morgan fingerprint density at radius 3 is 2.64 bits per heavy atom. The molecule has 6 nitrogen and oxygen atoms in total. The average molecular weight is 386 g/mol. The topological polar surface area (TPSA) is 67.9 Å². The van der Waals surface area contributed by atoms with Crippen LogP contribution in [0.5, 0.6) is 0 Å². The van der Waals surface area contributed by atoms with E-state index in [2.05, 4.69) is 22.3 Å². The summed E-state index contributed by atoms with van der Waals surface area (Å²) < 4.78 is 11.1. The van der Waals surface area contributed by atoms with Crippen molar-refractivity contribution in [1.82, 2.24) is 10.2 Å². The standard InChI is InChI=1S/C22H30N2O4/c1-3-27-15-7-12-23-20(25)19-17(2)21(26)28-22(19)10-13-24(14-11-22)16-18-8-5-4-6-9-18/h4-6,8-9H,3,7,10-16H2,1-2H3,(H,23,25). The molecule has 2 aliphatic heterocycles. The first kappa shape index (κ1) is 20.6. The van der Waals surface area contributed by atoms with Crippen molar-refractivity contribution in [2.75, 3.05) is 32.8 Å². The summed E-state index contributed by atoms with van der Waals surface area (Å²) in [6.07, 6.45) is 2.04. The molecule has 28 heavy (non-hydrogen) atoms. The van der Waals surface area contributed by atoms with Crippen LogP contribution in [0.15, 0.2) is 41.5 Å². The third-order valence-corrected chi connectivity index (χ3v) is 5.52. The third kappa shape index (κ3) is 4.62. The quantitative estimate of drug-likeness (QED) is 0.549. The lowest BCUT2D eigenvalue weighted by Gasteiger charge is -2.39. The second kappa shape index (κ2) is 9.34. The normalized spacial score (nSPS) is 19.1. The van der Waals surface area contributed by atoms with Crippen molar-refractivity contribution in [3.8, 4) is 0 Å². The van der Waals surface area contributed by atoms with E-state index in [-0.39, 0.29) is 11.9 Å². The van der Waals surface area contributed by atoms with Crippen LogP contribution in [0.3, 0.4) is 0 Å². The molecule has 2 aliphatic rings. The fourth-order valence-electron chi connectivity index (χ4n) is 4.00. The van der Waals surface area contributed by atoms with Gasteiger partial charge in [0.15, 0.2) is 0 Å². The lowest BCUT2D eigenvalue weighted by atomic mass is 9.82. The van der Waals surface area contributed by atoms with E-state index < -0.39 is 5.60 Å². The van der Waals surface area contributed by atoms with E-state index >= 15 is 0 Å². The Balaban J connectivity index is 1.61. The van der Waals surface area contributed by atoms with Crippen LogP contribution in [0.25, 0.3) is 0 Å². The molecule has 1 N–H and O–H groups in total. The molecule has 1 spiro atoms. The van der Waals surface area contributed by atoms with Crippen molar-refractivity contribution in [1.29, 1.82) is 0 Å². The van der Waals surface area contributed by atoms with Gasteiger partial charge >= 0.3 is 5.97 Å². The minimum atomic E-state index is -0.779. The molecule has 3 rings (SSSR count). The highest BCUT2D eigenvalue weighted by atomic mass is 16.6. The summed E-state index contributed by atoms with van der Waals surface area (Å²) in [4.78, 5) is 27.4. The highest BCUT2D eigenvalue weighted by molar-refractivity contribution is 6.07. The zero-order valence-electron chi connectivity index (χ0n) is 16.8. The average Bonchev–Trinajstić information content (AvgIpc) is 2.94. The lowest BCUT2D eigenvalue weighted by Crippen LogP contribution is -2.48. The Bertz CT molecular complexity index is 721. The van der Waals surface area contributed by atoms with Crippen LogP contribution in [0.1, 0.15) is 38.7 Å². The van der Waals surface area contributed by atoms with E-state index in [0.717, 1.165) is 26.1 Å². The zero-order chi connectivity index (χ0) is 20.0. The maximum Gasteiger partial charge on any atom is 0.335 e. The first-order chi connectivity index (χ1) is 13.6. The van der Waals surface area contributed by atoms with Gasteiger partial charge in [-0.25, -0.2) is 4.79 Å². The van der Waals surface area contributed by atoms with Gasteiger partial charge in [0, 0.05) is 57.8 Å². The number of amides is 1.